The standard InChI is InChI=1S/C17H25NO/c19-16(15-10-18-3-1-12(15)2-4-18)17-7-11-5-13(8-17)14(6-11)9-17/h11-15H,1-10H2. The summed E-state index contributed by atoms with van der Waals surface area (Å²) in [5, 5.41) is 0. The molecule has 7 aliphatic rings. The molecule has 6 bridgehead atoms. The van der Waals surface area contributed by atoms with Gasteiger partial charge in [0.1, 0.15) is 5.78 Å². The monoisotopic (exact) mass is 259 g/mol. The zero-order valence-corrected chi connectivity index (χ0v) is 11.8. The minimum atomic E-state index is 0.166. The molecule has 4 aliphatic carbocycles. The first-order chi connectivity index (χ1) is 9.23. The maximum atomic E-state index is 13.3. The van der Waals surface area contributed by atoms with Crippen molar-refractivity contribution >= 4 is 5.78 Å². The second-order valence-electron chi connectivity index (χ2n) is 8.36. The summed E-state index contributed by atoms with van der Waals surface area (Å²) in [7, 11) is 0. The number of carbonyl (C=O) groups excluding carboxylic acids is 1. The van der Waals surface area contributed by atoms with Gasteiger partial charge in [-0.15, -0.1) is 0 Å². The number of nitrogens with zero attached hydrogens (tertiary/aromatic N) is 1. The Morgan fingerprint density at radius 3 is 2.16 bits per heavy atom. The van der Waals surface area contributed by atoms with E-state index in [2.05, 4.69) is 4.90 Å². The van der Waals surface area contributed by atoms with Crippen LogP contribution in [0.1, 0.15) is 44.9 Å². The Kier molecular flexibility index (Phi) is 2.16. The van der Waals surface area contributed by atoms with Gasteiger partial charge in [0, 0.05) is 17.9 Å². The predicted molar refractivity (Wildman–Crippen MR) is 73.6 cm³/mol. The zero-order valence-electron chi connectivity index (χ0n) is 11.8. The van der Waals surface area contributed by atoms with Gasteiger partial charge in [0.05, 0.1) is 0 Å². The highest BCUT2D eigenvalue weighted by Crippen LogP contribution is 2.65. The van der Waals surface area contributed by atoms with Crippen molar-refractivity contribution in [1.82, 2.24) is 4.90 Å². The number of rotatable bonds is 2. The van der Waals surface area contributed by atoms with Crippen LogP contribution in [0, 0.1) is 35.0 Å². The van der Waals surface area contributed by atoms with Crippen molar-refractivity contribution in [3.05, 3.63) is 0 Å². The van der Waals surface area contributed by atoms with Crippen molar-refractivity contribution < 1.29 is 4.79 Å². The van der Waals surface area contributed by atoms with Gasteiger partial charge in [0.15, 0.2) is 0 Å². The van der Waals surface area contributed by atoms with Crippen molar-refractivity contribution in [1.29, 1.82) is 0 Å². The summed E-state index contributed by atoms with van der Waals surface area (Å²) < 4.78 is 0. The highest BCUT2D eigenvalue weighted by Gasteiger charge is 2.60. The topological polar surface area (TPSA) is 20.3 Å². The molecule has 2 heteroatoms. The Bertz CT molecular complexity index is 403. The lowest BCUT2D eigenvalue weighted by Crippen LogP contribution is -2.53. The number of piperidine rings is 3. The summed E-state index contributed by atoms with van der Waals surface area (Å²) in [6.07, 6.45) is 9.32. The molecule has 104 valence electrons. The molecule has 0 N–H and O–H groups in total. The largest absolute Gasteiger partial charge is 0.303 e. The molecule has 7 rings (SSSR count). The molecule has 7 fully saturated rings. The van der Waals surface area contributed by atoms with E-state index in [0.29, 0.717) is 5.92 Å². The van der Waals surface area contributed by atoms with Crippen LogP contribution in [-0.4, -0.2) is 30.3 Å². The van der Waals surface area contributed by atoms with Crippen molar-refractivity contribution in [2.24, 2.45) is 35.0 Å². The second kappa shape index (κ2) is 3.63. The van der Waals surface area contributed by atoms with Gasteiger partial charge >= 0.3 is 0 Å². The molecule has 0 radical (unpaired) electrons. The Morgan fingerprint density at radius 1 is 0.947 bits per heavy atom. The molecule has 19 heavy (non-hydrogen) atoms. The molecule has 4 saturated carbocycles. The van der Waals surface area contributed by atoms with E-state index in [4.69, 9.17) is 0 Å². The maximum absolute atomic E-state index is 13.3. The van der Waals surface area contributed by atoms with Crippen LogP contribution in [0.2, 0.25) is 0 Å². The highest BCUT2D eigenvalue weighted by molar-refractivity contribution is 5.88. The molecule has 2 nitrogen and oxygen atoms in total. The fourth-order valence-electron chi connectivity index (χ4n) is 6.77. The first kappa shape index (κ1) is 11.3. The van der Waals surface area contributed by atoms with Gasteiger partial charge in [-0.25, -0.2) is 0 Å². The van der Waals surface area contributed by atoms with Gasteiger partial charge in [0.25, 0.3) is 0 Å². The second-order valence-corrected chi connectivity index (χ2v) is 8.36. The van der Waals surface area contributed by atoms with E-state index in [1.54, 1.807) is 0 Å². The van der Waals surface area contributed by atoms with E-state index in [0.717, 1.165) is 36.0 Å². The van der Waals surface area contributed by atoms with Crippen molar-refractivity contribution in [3.63, 3.8) is 0 Å². The van der Waals surface area contributed by atoms with Gasteiger partial charge in [0.2, 0.25) is 0 Å². The first-order valence-corrected chi connectivity index (χ1v) is 8.50. The van der Waals surface area contributed by atoms with E-state index in [1.807, 2.05) is 0 Å². The number of fused-ring (bicyclic) bond motifs is 3. The normalized spacial score (nSPS) is 57.9. The zero-order chi connectivity index (χ0) is 12.6. The molecule has 0 aromatic heterocycles. The van der Waals surface area contributed by atoms with Gasteiger partial charge in [-0.3, -0.25) is 4.79 Å². The van der Waals surface area contributed by atoms with Crippen molar-refractivity contribution in [2.75, 3.05) is 19.6 Å². The third kappa shape index (κ3) is 1.44. The molecule has 3 saturated heterocycles. The smallest absolute Gasteiger partial charge is 0.143 e. The van der Waals surface area contributed by atoms with Gasteiger partial charge < -0.3 is 4.90 Å². The number of ketones is 1. The molecular formula is C17H25NO. The summed E-state index contributed by atoms with van der Waals surface area (Å²) >= 11 is 0. The molecule has 0 amide bonds. The summed E-state index contributed by atoms with van der Waals surface area (Å²) in [5.41, 5.74) is 0.166. The van der Waals surface area contributed by atoms with E-state index >= 15 is 0 Å². The lowest BCUT2D eigenvalue weighted by atomic mass is 9.61. The molecular weight excluding hydrogens is 234 g/mol. The average molecular weight is 259 g/mol. The third-order valence-corrected chi connectivity index (χ3v) is 7.44. The fraction of sp³-hybridized carbons (Fsp3) is 0.941. The van der Waals surface area contributed by atoms with Gasteiger partial charge in [-0.2, -0.15) is 0 Å². The lowest BCUT2D eigenvalue weighted by Gasteiger charge is -2.48. The van der Waals surface area contributed by atoms with Crippen LogP contribution in [0.25, 0.3) is 0 Å². The van der Waals surface area contributed by atoms with E-state index in [9.17, 15) is 4.79 Å². The Balaban J connectivity index is 1.43. The minimum Gasteiger partial charge on any atom is -0.303 e. The number of hydrogen-bond donors (Lipinski definition) is 0. The maximum Gasteiger partial charge on any atom is 0.143 e. The summed E-state index contributed by atoms with van der Waals surface area (Å²) in [5.74, 6) is 4.66. The first-order valence-electron chi connectivity index (χ1n) is 8.50. The van der Waals surface area contributed by atoms with E-state index in [1.165, 1.54) is 58.0 Å². The molecule has 3 unspecified atom stereocenters. The molecule has 0 spiro atoms. The summed E-state index contributed by atoms with van der Waals surface area (Å²) in [6.45, 7) is 3.62. The number of hydrogen-bond acceptors (Lipinski definition) is 2. The summed E-state index contributed by atoms with van der Waals surface area (Å²) in [6, 6.07) is 0. The van der Waals surface area contributed by atoms with Crippen LogP contribution in [0.4, 0.5) is 0 Å². The number of carbonyl (C=O) groups is 1. The Hall–Kier alpha value is -0.370. The molecule has 3 heterocycles. The van der Waals surface area contributed by atoms with E-state index in [-0.39, 0.29) is 5.41 Å². The van der Waals surface area contributed by atoms with Crippen LogP contribution in [0.5, 0.6) is 0 Å². The lowest BCUT2D eigenvalue weighted by molar-refractivity contribution is -0.142. The molecule has 0 aromatic rings. The van der Waals surface area contributed by atoms with Crippen LogP contribution in [0.3, 0.4) is 0 Å². The third-order valence-electron chi connectivity index (χ3n) is 7.44. The number of Topliss-reactive ketones (excluding diaryl/α,β-unsaturated/α-hetero) is 1. The Labute approximate surface area is 115 Å². The average Bonchev–Trinajstić information content (AvgIpc) is 2.87. The van der Waals surface area contributed by atoms with E-state index < -0.39 is 0 Å². The van der Waals surface area contributed by atoms with Crippen molar-refractivity contribution in [2.45, 2.75) is 44.9 Å². The SMILES string of the molecule is O=C(C1CN2CCC1CC2)C12CC3CC(C1)C(C3)C2. The highest BCUT2D eigenvalue weighted by atomic mass is 16.1. The summed E-state index contributed by atoms with van der Waals surface area (Å²) in [4.78, 5) is 15.8. The van der Waals surface area contributed by atoms with Gasteiger partial charge in [-0.1, -0.05) is 0 Å². The van der Waals surface area contributed by atoms with Crippen LogP contribution >= 0.6 is 0 Å². The van der Waals surface area contributed by atoms with Crippen LogP contribution in [0.15, 0.2) is 0 Å². The minimum absolute atomic E-state index is 0.166. The van der Waals surface area contributed by atoms with Crippen LogP contribution in [-0.2, 0) is 4.79 Å². The molecule has 3 atom stereocenters. The molecule has 3 aliphatic heterocycles. The fourth-order valence-corrected chi connectivity index (χ4v) is 6.77. The van der Waals surface area contributed by atoms with Gasteiger partial charge in [-0.05, 0) is 81.7 Å². The molecule has 0 aromatic carbocycles. The Morgan fingerprint density at radius 2 is 1.63 bits per heavy atom. The van der Waals surface area contributed by atoms with Crippen LogP contribution < -0.4 is 0 Å². The van der Waals surface area contributed by atoms with Crippen molar-refractivity contribution in [3.8, 4) is 0 Å². The predicted octanol–water partition coefficient (Wildman–Crippen LogP) is 2.72. The quantitative estimate of drug-likeness (QED) is 0.760.